The molecule has 1 aliphatic heterocycles. The van der Waals surface area contributed by atoms with E-state index in [9.17, 15) is 9.18 Å². The minimum Gasteiger partial charge on any atom is -0.325 e. The van der Waals surface area contributed by atoms with Crippen molar-refractivity contribution >= 4 is 40.3 Å². The number of aryl methyl sites for hydroxylation is 1. The van der Waals surface area contributed by atoms with Gasteiger partial charge in [0.15, 0.2) is 10.8 Å². The van der Waals surface area contributed by atoms with E-state index in [1.54, 1.807) is 43.9 Å². The van der Waals surface area contributed by atoms with Gasteiger partial charge in [0.05, 0.1) is 24.2 Å². The number of rotatable bonds is 3. The summed E-state index contributed by atoms with van der Waals surface area (Å²) in [5.41, 5.74) is 6.79. The van der Waals surface area contributed by atoms with Gasteiger partial charge in [-0.05, 0) is 50.7 Å². The molecule has 0 aliphatic carbocycles. The molecule has 1 aromatic heterocycles. The predicted octanol–water partition coefficient (Wildman–Crippen LogP) is 3.46. The summed E-state index contributed by atoms with van der Waals surface area (Å²) in [4.78, 5) is 23.6. The van der Waals surface area contributed by atoms with E-state index < -0.39 is 11.4 Å². The molecule has 2 aromatic rings. The number of pyridine rings is 1. The normalized spacial score (nSPS) is 16.0. The number of amides is 1. The number of nitrogens with zero attached hydrogens (tertiary/aromatic N) is 4. The van der Waals surface area contributed by atoms with Crippen LogP contribution in [0.5, 0.6) is 0 Å². The van der Waals surface area contributed by atoms with E-state index in [1.165, 1.54) is 17.2 Å². The first-order valence-corrected chi connectivity index (χ1v) is 8.64. The third-order valence-corrected chi connectivity index (χ3v) is 4.95. The van der Waals surface area contributed by atoms with Crippen molar-refractivity contribution in [3.8, 4) is 0 Å². The van der Waals surface area contributed by atoms with Gasteiger partial charge < -0.3 is 10.6 Å². The van der Waals surface area contributed by atoms with Crippen molar-refractivity contribution in [2.24, 2.45) is 5.73 Å². The first kappa shape index (κ1) is 18.9. The topological polar surface area (TPSA) is 66.8 Å². The molecule has 1 aromatic carbocycles. The van der Waals surface area contributed by atoms with E-state index in [4.69, 9.17) is 24.5 Å². The fourth-order valence-electron chi connectivity index (χ4n) is 3.09. The van der Waals surface area contributed by atoms with Gasteiger partial charge in [0.1, 0.15) is 11.4 Å². The van der Waals surface area contributed by atoms with E-state index in [1.807, 2.05) is 0 Å². The second-order valence-corrected chi connectivity index (χ2v) is 7.09. The lowest BCUT2D eigenvalue weighted by atomic mass is 10.0. The second kappa shape index (κ2) is 6.68. The van der Waals surface area contributed by atoms with Gasteiger partial charge in [0, 0.05) is 18.3 Å². The Balaban J connectivity index is 2.07. The maximum absolute atomic E-state index is 14.2. The Labute approximate surface area is 162 Å². The highest BCUT2D eigenvalue weighted by Gasteiger charge is 2.50. The summed E-state index contributed by atoms with van der Waals surface area (Å²) in [7, 11) is 0. The van der Waals surface area contributed by atoms with Gasteiger partial charge >= 0.3 is 0 Å². The van der Waals surface area contributed by atoms with Gasteiger partial charge in [0.25, 0.3) is 5.91 Å². The molecule has 8 heteroatoms. The predicted molar refractivity (Wildman–Crippen MR) is 106 cm³/mol. The Hall–Kier alpha value is -2.89. The molecular formula is C19H18FN5OS. The summed E-state index contributed by atoms with van der Waals surface area (Å²) < 4.78 is 14.2. The van der Waals surface area contributed by atoms with E-state index >= 15 is 0 Å². The molecule has 0 radical (unpaired) electrons. The highest BCUT2D eigenvalue weighted by atomic mass is 32.1. The van der Waals surface area contributed by atoms with Crippen LogP contribution in [0.1, 0.15) is 25.1 Å². The maximum atomic E-state index is 14.2. The number of hydrogen-bond donors (Lipinski definition) is 1. The third-order valence-electron chi connectivity index (χ3n) is 4.58. The smallest absolute Gasteiger partial charge is 0.259 e. The number of thiocarbonyl (C=S) groups is 1. The minimum absolute atomic E-state index is 0.0162. The minimum atomic E-state index is -1.03. The average Bonchev–Trinajstić information content (AvgIpc) is 2.79. The fourth-order valence-corrected chi connectivity index (χ4v) is 3.61. The number of carbonyl (C=O) groups is 1. The van der Waals surface area contributed by atoms with Crippen LogP contribution in [0.4, 0.5) is 21.5 Å². The van der Waals surface area contributed by atoms with Crippen molar-refractivity contribution in [3.63, 3.8) is 0 Å². The molecule has 1 aliphatic rings. The van der Waals surface area contributed by atoms with Crippen molar-refractivity contribution in [2.75, 3.05) is 9.80 Å². The Morgan fingerprint density at radius 2 is 2.04 bits per heavy atom. The van der Waals surface area contributed by atoms with Gasteiger partial charge in [-0.1, -0.05) is 6.07 Å². The summed E-state index contributed by atoms with van der Waals surface area (Å²) in [6.07, 6.45) is 1.46. The molecule has 27 heavy (non-hydrogen) atoms. The lowest BCUT2D eigenvalue weighted by Gasteiger charge is -2.29. The molecule has 6 nitrogen and oxygen atoms in total. The molecule has 1 fully saturated rings. The molecule has 0 bridgehead atoms. The van der Waals surface area contributed by atoms with Crippen LogP contribution >= 0.6 is 12.2 Å². The zero-order valence-corrected chi connectivity index (χ0v) is 16.0. The van der Waals surface area contributed by atoms with Crippen LogP contribution in [0.3, 0.4) is 0 Å². The largest absolute Gasteiger partial charge is 0.325 e. The van der Waals surface area contributed by atoms with Crippen LogP contribution < -0.4 is 15.5 Å². The van der Waals surface area contributed by atoms with Crippen LogP contribution in [0.15, 0.2) is 30.5 Å². The monoisotopic (exact) mass is 383 g/mol. The molecule has 138 valence electrons. The van der Waals surface area contributed by atoms with E-state index in [2.05, 4.69) is 9.83 Å². The Morgan fingerprint density at radius 3 is 2.59 bits per heavy atom. The van der Waals surface area contributed by atoms with Crippen molar-refractivity contribution < 1.29 is 9.18 Å². The maximum Gasteiger partial charge on any atom is 0.259 e. The van der Waals surface area contributed by atoms with Crippen molar-refractivity contribution in [1.29, 1.82) is 0 Å². The number of hydrogen-bond acceptors (Lipinski definition) is 4. The first-order chi connectivity index (χ1) is 12.7. The number of carbonyl (C=O) groups excluding carboxylic acids is 1. The number of aromatic nitrogens is 1. The number of nitrogens with two attached hydrogens (primary N) is 1. The first-order valence-electron chi connectivity index (χ1n) is 8.23. The van der Waals surface area contributed by atoms with Crippen LogP contribution in [-0.4, -0.2) is 21.5 Å². The van der Waals surface area contributed by atoms with Crippen LogP contribution in [-0.2, 0) is 11.3 Å². The van der Waals surface area contributed by atoms with Gasteiger partial charge in [-0.2, -0.15) is 0 Å². The van der Waals surface area contributed by atoms with E-state index in [0.717, 1.165) is 5.56 Å². The Morgan fingerprint density at radius 1 is 1.33 bits per heavy atom. The molecule has 0 atom stereocenters. The third kappa shape index (κ3) is 2.95. The lowest BCUT2D eigenvalue weighted by Crippen LogP contribution is -2.44. The lowest BCUT2D eigenvalue weighted by molar-refractivity contribution is -0.120. The summed E-state index contributed by atoms with van der Waals surface area (Å²) in [6.45, 7) is 12.4. The molecule has 2 N–H and O–H groups in total. The zero-order valence-electron chi connectivity index (χ0n) is 15.2. The average molecular weight is 383 g/mol. The summed E-state index contributed by atoms with van der Waals surface area (Å²) in [6, 6.07) is 6.36. The highest BCUT2D eigenvalue weighted by Crippen LogP contribution is 2.37. The van der Waals surface area contributed by atoms with Crippen molar-refractivity contribution in [2.45, 2.75) is 32.9 Å². The molecule has 0 spiro atoms. The number of halogens is 1. The van der Waals surface area contributed by atoms with Crippen LogP contribution in [0.25, 0.3) is 4.85 Å². The van der Waals surface area contributed by atoms with E-state index in [-0.39, 0.29) is 23.3 Å². The quantitative estimate of drug-likeness (QED) is 0.650. The molecule has 2 heterocycles. The highest BCUT2D eigenvalue weighted by molar-refractivity contribution is 7.81. The Kier molecular flexibility index (Phi) is 4.68. The SMILES string of the molecule is [C-]#[N+]c1ccc(N2C(=O)C(C)(C)N(c3cnc(CN)c(F)c3)C2=S)cc1C. The summed E-state index contributed by atoms with van der Waals surface area (Å²) >= 11 is 5.56. The van der Waals surface area contributed by atoms with Gasteiger partial charge in [-0.25, -0.2) is 9.24 Å². The van der Waals surface area contributed by atoms with Crippen LogP contribution in [0, 0.1) is 19.3 Å². The van der Waals surface area contributed by atoms with Crippen molar-refractivity contribution in [3.05, 3.63) is 59.0 Å². The molecule has 1 amide bonds. The standard InChI is InChI=1S/C19H18FN5OS/c1-11-7-12(5-6-15(11)22-4)24-17(26)19(2,3)25(18(24)27)13-8-14(20)16(9-21)23-10-13/h5-8,10H,9,21H2,1-3H3. The Bertz CT molecular complexity index is 998. The van der Waals surface area contributed by atoms with Gasteiger partial charge in [-0.15, -0.1) is 0 Å². The van der Waals surface area contributed by atoms with Crippen LogP contribution in [0.2, 0.25) is 0 Å². The summed E-state index contributed by atoms with van der Waals surface area (Å²) in [5.74, 6) is -0.789. The fraction of sp³-hybridized carbons (Fsp3) is 0.263. The number of anilines is 2. The van der Waals surface area contributed by atoms with E-state index in [0.29, 0.717) is 17.1 Å². The molecule has 1 saturated heterocycles. The molecule has 0 saturated carbocycles. The molecular weight excluding hydrogens is 365 g/mol. The van der Waals surface area contributed by atoms with Gasteiger partial charge in [-0.3, -0.25) is 14.7 Å². The van der Waals surface area contributed by atoms with Crippen molar-refractivity contribution in [1.82, 2.24) is 4.98 Å². The molecule has 3 rings (SSSR count). The zero-order chi connectivity index (χ0) is 19.9. The molecule has 0 unspecified atom stereocenters. The second-order valence-electron chi connectivity index (χ2n) is 6.73. The number of benzene rings is 1. The van der Waals surface area contributed by atoms with Gasteiger partial charge in [0.2, 0.25) is 0 Å². The summed E-state index contributed by atoms with van der Waals surface area (Å²) in [5, 5.41) is 0.224.